The van der Waals surface area contributed by atoms with Crippen molar-refractivity contribution in [1.29, 1.82) is 0 Å². The smallest absolute Gasteiger partial charge is 0.274 e. The van der Waals surface area contributed by atoms with Crippen molar-refractivity contribution in [3.63, 3.8) is 0 Å². The molecule has 0 atom stereocenters. The molecule has 35 heavy (non-hydrogen) atoms. The van der Waals surface area contributed by atoms with Gasteiger partial charge in [0.25, 0.3) is 11.6 Å². The van der Waals surface area contributed by atoms with Crippen molar-refractivity contribution in [3.8, 4) is 0 Å². The van der Waals surface area contributed by atoms with E-state index in [0.29, 0.717) is 32.7 Å². The zero-order valence-electron chi connectivity index (χ0n) is 19.2. The number of benzene rings is 2. The molecule has 2 amide bonds. The molecule has 0 N–H and O–H groups in total. The van der Waals surface area contributed by atoms with Crippen LogP contribution in [0.25, 0.3) is 0 Å². The Hall–Kier alpha value is -4.34. The number of hydrogen-bond acceptors (Lipinski definition) is 7. The molecule has 0 aliphatic carbocycles. The first-order chi connectivity index (χ1) is 17.0. The molecule has 0 unspecified atom stereocenters. The molecule has 0 radical (unpaired) electrons. The Morgan fingerprint density at radius 3 is 2.31 bits per heavy atom. The van der Waals surface area contributed by atoms with Gasteiger partial charge in [-0.15, -0.1) is 0 Å². The summed E-state index contributed by atoms with van der Waals surface area (Å²) in [4.78, 5) is 50.1. The van der Waals surface area contributed by atoms with Crippen LogP contribution in [-0.2, 0) is 11.3 Å². The first-order valence-electron chi connectivity index (χ1n) is 11.4. The lowest BCUT2D eigenvalue weighted by atomic mass is 10.2. The number of rotatable bonds is 8. The van der Waals surface area contributed by atoms with Gasteiger partial charge in [0.05, 0.1) is 11.1 Å². The molecular weight excluding hydrogens is 448 g/mol. The van der Waals surface area contributed by atoms with Gasteiger partial charge >= 0.3 is 0 Å². The summed E-state index contributed by atoms with van der Waals surface area (Å²) < 4.78 is 0. The average molecular weight is 475 g/mol. The van der Waals surface area contributed by atoms with E-state index in [9.17, 15) is 19.7 Å². The maximum atomic E-state index is 13.1. The standard InChI is InChI=1S/C25H26N6O4/c32-24(29-16-14-28(15-17-29)21-6-8-22(9-7-21)31(34)35)10-13-30(19-20-4-2-1-3-5-20)25(33)23-18-26-11-12-27-23/h1-9,11-12,18H,10,13-17,19H2. The van der Waals surface area contributed by atoms with Crippen LogP contribution in [0, 0.1) is 10.1 Å². The van der Waals surface area contributed by atoms with Crippen LogP contribution < -0.4 is 4.90 Å². The number of nitro benzene ring substituents is 1. The molecule has 2 heterocycles. The van der Waals surface area contributed by atoms with Gasteiger partial charge in [0.1, 0.15) is 5.69 Å². The number of anilines is 1. The second kappa shape index (κ2) is 11.2. The van der Waals surface area contributed by atoms with Crippen molar-refractivity contribution in [3.05, 3.63) is 94.6 Å². The van der Waals surface area contributed by atoms with E-state index >= 15 is 0 Å². The number of carbonyl (C=O) groups excluding carboxylic acids is 2. The zero-order chi connectivity index (χ0) is 24.6. The highest BCUT2D eigenvalue weighted by Gasteiger charge is 2.24. The third-order valence-electron chi connectivity index (χ3n) is 5.94. The van der Waals surface area contributed by atoms with E-state index < -0.39 is 4.92 Å². The summed E-state index contributed by atoms with van der Waals surface area (Å²) >= 11 is 0. The van der Waals surface area contributed by atoms with E-state index in [1.165, 1.54) is 30.7 Å². The molecule has 2 aromatic carbocycles. The predicted molar refractivity (Wildman–Crippen MR) is 130 cm³/mol. The maximum absolute atomic E-state index is 13.1. The van der Waals surface area contributed by atoms with Gasteiger partial charge in [-0.25, -0.2) is 4.98 Å². The topological polar surface area (TPSA) is 113 Å². The molecule has 0 bridgehead atoms. The minimum Gasteiger partial charge on any atom is -0.368 e. The Labute approximate surface area is 203 Å². The lowest BCUT2D eigenvalue weighted by Crippen LogP contribution is -2.49. The van der Waals surface area contributed by atoms with Crippen LogP contribution in [0.4, 0.5) is 11.4 Å². The summed E-state index contributed by atoms with van der Waals surface area (Å²) in [6.07, 6.45) is 4.62. The van der Waals surface area contributed by atoms with Crippen molar-refractivity contribution in [2.75, 3.05) is 37.6 Å². The van der Waals surface area contributed by atoms with Crippen molar-refractivity contribution < 1.29 is 14.5 Å². The number of nitro groups is 1. The molecule has 1 saturated heterocycles. The van der Waals surface area contributed by atoms with Gasteiger partial charge in [0.15, 0.2) is 0 Å². The Balaban J connectivity index is 1.34. The van der Waals surface area contributed by atoms with Gasteiger partial charge in [-0.2, -0.15) is 0 Å². The van der Waals surface area contributed by atoms with Crippen LogP contribution in [0.3, 0.4) is 0 Å². The molecule has 1 aliphatic heterocycles. The maximum Gasteiger partial charge on any atom is 0.274 e. The molecule has 0 spiro atoms. The van der Waals surface area contributed by atoms with E-state index in [1.54, 1.807) is 21.9 Å². The monoisotopic (exact) mass is 474 g/mol. The number of carbonyl (C=O) groups is 2. The van der Waals surface area contributed by atoms with E-state index in [2.05, 4.69) is 14.9 Å². The second-order valence-corrected chi connectivity index (χ2v) is 8.19. The molecular formula is C25H26N6O4. The first-order valence-corrected chi connectivity index (χ1v) is 11.4. The minimum absolute atomic E-state index is 0.0154. The van der Waals surface area contributed by atoms with Crippen LogP contribution in [0.5, 0.6) is 0 Å². The van der Waals surface area contributed by atoms with E-state index in [1.807, 2.05) is 30.3 Å². The fourth-order valence-corrected chi connectivity index (χ4v) is 4.02. The Kier molecular flexibility index (Phi) is 7.61. The van der Waals surface area contributed by atoms with Crippen molar-refractivity contribution in [2.45, 2.75) is 13.0 Å². The number of aromatic nitrogens is 2. The molecule has 1 aromatic heterocycles. The largest absolute Gasteiger partial charge is 0.368 e. The molecule has 1 aliphatic rings. The molecule has 180 valence electrons. The van der Waals surface area contributed by atoms with Gasteiger partial charge in [0.2, 0.25) is 5.91 Å². The van der Waals surface area contributed by atoms with E-state index in [-0.39, 0.29) is 36.2 Å². The number of nitrogens with zero attached hydrogens (tertiary/aromatic N) is 6. The summed E-state index contributed by atoms with van der Waals surface area (Å²) in [5.74, 6) is -0.281. The van der Waals surface area contributed by atoms with Crippen molar-refractivity contribution in [2.24, 2.45) is 0 Å². The zero-order valence-corrected chi connectivity index (χ0v) is 19.2. The fourth-order valence-electron chi connectivity index (χ4n) is 4.02. The lowest BCUT2D eigenvalue weighted by molar-refractivity contribution is -0.384. The first kappa shape index (κ1) is 23.8. The Morgan fingerprint density at radius 2 is 1.69 bits per heavy atom. The predicted octanol–water partition coefficient (Wildman–Crippen LogP) is 2.77. The summed E-state index contributed by atoms with van der Waals surface area (Å²) in [6, 6.07) is 16.1. The third-order valence-corrected chi connectivity index (χ3v) is 5.94. The molecule has 4 rings (SSSR count). The van der Waals surface area contributed by atoms with Gasteiger partial charge < -0.3 is 14.7 Å². The third kappa shape index (κ3) is 6.17. The average Bonchev–Trinajstić information content (AvgIpc) is 2.91. The molecule has 0 saturated carbocycles. The van der Waals surface area contributed by atoms with E-state index in [4.69, 9.17) is 0 Å². The van der Waals surface area contributed by atoms with Crippen LogP contribution in [0.2, 0.25) is 0 Å². The summed E-state index contributed by atoms with van der Waals surface area (Å²) in [7, 11) is 0. The highest BCUT2D eigenvalue weighted by Crippen LogP contribution is 2.21. The van der Waals surface area contributed by atoms with Crippen molar-refractivity contribution >= 4 is 23.2 Å². The number of amides is 2. The van der Waals surface area contributed by atoms with Crippen LogP contribution in [0.15, 0.2) is 73.2 Å². The SMILES string of the molecule is O=C(CCN(Cc1ccccc1)C(=O)c1cnccn1)N1CCN(c2ccc([N+](=O)[O-])cc2)CC1. The fraction of sp³-hybridized carbons (Fsp3) is 0.280. The van der Waals surface area contributed by atoms with Gasteiger partial charge in [-0.05, 0) is 17.7 Å². The lowest BCUT2D eigenvalue weighted by Gasteiger charge is -2.36. The number of non-ortho nitro benzene ring substituents is 1. The number of hydrogen-bond donors (Lipinski definition) is 0. The summed E-state index contributed by atoms with van der Waals surface area (Å²) in [6.45, 7) is 3.01. The Bertz CT molecular complexity index is 1150. The summed E-state index contributed by atoms with van der Waals surface area (Å²) in [5.41, 5.74) is 2.16. The van der Waals surface area contributed by atoms with Gasteiger partial charge in [-0.1, -0.05) is 30.3 Å². The summed E-state index contributed by atoms with van der Waals surface area (Å²) in [5, 5.41) is 10.9. The highest BCUT2D eigenvalue weighted by molar-refractivity contribution is 5.92. The number of piperazine rings is 1. The molecule has 10 nitrogen and oxygen atoms in total. The van der Waals surface area contributed by atoms with Crippen molar-refractivity contribution in [1.82, 2.24) is 19.8 Å². The van der Waals surface area contributed by atoms with Crippen LogP contribution in [0.1, 0.15) is 22.5 Å². The Morgan fingerprint density at radius 1 is 0.971 bits per heavy atom. The second-order valence-electron chi connectivity index (χ2n) is 8.19. The van der Waals surface area contributed by atoms with E-state index in [0.717, 1.165) is 11.3 Å². The molecule has 3 aromatic rings. The van der Waals surface area contributed by atoms with Gasteiger partial charge in [-0.3, -0.25) is 24.7 Å². The van der Waals surface area contributed by atoms with Gasteiger partial charge in [0, 0.05) is 75.9 Å². The molecule has 1 fully saturated rings. The quantitative estimate of drug-likeness (QED) is 0.364. The minimum atomic E-state index is -0.420. The highest BCUT2D eigenvalue weighted by atomic mass is 16.6. The van der Waals surface area contributed by atoms with Crippen LogP contribution in [-0.4, -0.2) is 69.2 Å². The normalized spacial score (nSPS) is 13.4. The van der Waals surface area contributed by atoms with Crippen LogP contribution >= 0.6 is 0 Å². The molecule has 10 heteroatoms.